The Morgan fingerprint density at radius 2 is 1.23 bits per heavy atom. The largest absolute Gasteiger partial charge is 0.355 e. The molecule has 0 radical (unpaired) electrons. The Hall–Kier alpha value is -4.24. The lowest BCUT2D eigenvalue weighted by Crippen LogP contribution is -2.18. The van der Waals surface area contributed by atoms with E-state index in [4.69, 9.17) is 0 Å². The van der Waals surface area contributed by atoms with Gasteiger partial charge < -0.3 is 15.5 Å². The second-order valence-electron chi connectivity index (χ2n) is 7.67. The number of para-hydroxylation sites is 4. The molecule has 3 nitrogen and oxygen atoms in total. The third-order valence-corrected chi connectivity index (χ3v) is 5.74. The molecule has 2 N–H and O–H groups in total. The van der Waals surface area contributed by atoms with Crippen molar-refractivity contribution < 1.29 is 0 Å². The first-order chi connectivity index (χ1) is 15.4. The molecule has 1 aliphatic heterocycles. The molecule has 0 saturated carbocycles. The summed E-state index contributed by atoms with van der Waals surface area (Å²) in [4.78, 5) is 2.34. The van der Waals surface area contributed by atoms with E-state index in [1.54, 1.807) is 0 Å². The van der Waals surface area contributed by atoms with Crippen LogP contribution in [0.5, 0.6) is 0 Å². The molecular formula is C28H21N3. The fourth-order valence-electron chi connectivity index (χ4n) is 4.34. The fraction of sp³-hybridized carbons (Fsp3) is 0. The second-order valence-corrected chi connectivity index (χ2v) is 7.67. The van der Waals surface area contributed by atoms with Crippen molar-refractivity contribution in [3.63, 3.8) is 0 Å². The van der Waals surface area contributed by atoms with Crippen LogP contribution in [0.4, 0.5) is 39.8 Å². The molecule has 0 saturated heterocycles. The van der Waals surface area contributed by atoms with Gasteiger partial charge in [-0.3, -0.25) is 0 Å². The zero-order valence-electron chi connectivity index (χ0n) is 16.9. The van der Waals surface area contributed by atoms with Crippen LogP contribution in [0.1, 0.15) is 0 Å². The number of rotatable bonds is 3. The van der Waals surface area contributed by atoms with Crippen molar-refractivity contribution in [2.75, 3.05) is 15.5 Å². The summed E-state index contributed by atoms with van der Waals surface area (Å²) in [7, 11) is 0. The Morgan fingerprint density at radius 3 is 2.03 bits per heavy atom. The van der Waals surface area contributed by atoms with Gasteiger partial charge in [-0.1, -0.05) is 72.8 Å². The average molecular weight is 399 g/mol. The predicted octanol–water partition coefficient (Wildman–Crippen LogP) is 8.11. The third kappa shape index (κ3) is 2.99. The first-order valence-corrected chi connectivity index (χ1v) is 10.5. The summed E-state index contributed by atoms with van der Waals surface area (Å²) in [6.07, 6.45) is 0. The topological polar surface area (TPSA) is 27.3 Å². The number of hydrogen-bond acceptors (Lipinski definition) is 3. The van der Waals surface area contributed by atoms with E-state index in [0.717, 1.165) is 39.8 Å². The molecule has 0 unspecified atom stereocenters. The van der Waals surface area contributed by atoms with Crippen LogP contribution in [0.3, 0.4) is 0 Å². The van der Waals surface area contributed by atoms with Crippen molar-refractivity contribution in [2.45, 2.75) is 0 Å². The third-order valence-electron chi connectivity index (χ3n) is 5.74. The van der Waals surface area contributed by atoms with Crippen molar-refractivity contribution in [3.8, 4) is 0 Å². The van der Waals surface area contributed by atoms with Gasteiger partial charge in [0.05, 0.1) is 22.7 Å². The molecule has 1 aliphatic rings. The summed E-state index contributed by atoms with van der Waals surface area (Å²) in [5, 5.41) is 9.72. The molecule has 5 aromatic rings. The van der Waals surface area contributed by atoms with Crippen LogP contribution in [0.2, 0.25) is 0 Å². The summed E-state index contributed by atoms with van der Waals surface area (Å²) >= 11 is 0. The molecule has 148 valence electrons. The van der Waals surface area contributed by atoms with Gasteiger partial charge in [0.25, 0.3) is 0 Å². The summed E-state index contributed by atoms with van der Waals surface area (Å²) in [6, 6.07) is 40.2. The molecule has 6 rings (SSSR count). The Bertz CT molecular complexity index is 1380. The maximum Gasteiger partial charge on any atom is 0.0724 e. The summed E-state index contributed by atoms with van der Waals surface area (Å²) in [5.74, 6) is 0. The zero-order chi connectivity index (χ0) is 20.6. The molecule has 0 amide bonds. The molecular weight excluding hydrogens is 378 g/mol. The van der Waals surface area contributed by atoms with Gasteiger partial charge in [0, 0.05) is 27.8 Å². The van der Waals surface area contributed by atoms with Gasteiger partial charge in [-0.25, -0.2) is 0 Å². The van der Waals surface area contributed by atoms with E-state index >= 15 is 0 Å². The van der Waals surface area contributed by atoms with Crippen LogP contribution in [-0.4, -0.2) is 0 Å². The van der Waals surface area contributed by atoms with Gasteiger partial charge in [-0.15, -0.1) is 0 Å². The first-order valence-electron chi connectivity index (χ1n) is 10.5. The average Bonchev–Trinajstić information content (AvgIpc) is 2.84. The Labute approximate surface area is 181 Å². The highest BCUT2D eigenvalue weighted by molar-refractivity contribution is 6.13. The van der Waals surface area contributed by atoms with Gasteiger partial charge in [-0.2, -0.15) is 0 Å². The maximum atomic E-state index is 3.70. The molecule has 0 bridgehead atoms. The molecule has 5 aromatic carbocycles. The quantitative estimate of drug-likeness (QED) is 0.315. The van der Waals surface area contributed by atoms with E-state index in [1.807, 2.05) is 6.07 Å². The summed E-state index contributed by atoms with van der Waals surface area (Å²) in [5.41, 5.74) is 7.79. The lowest BCUT2D eigenvalue weighted by molar-refractivity contribution is 1.26. The number of anilines is 7. The van der Waals surface area contributed by atoms with Gasteiger partial charge in [-0.05, 0) is 42.5 Å². The summed E-state index contributed by atoms with van der Waals surface area (Å²) in [6.45, 7) is 0. The predicted molar refractivity (Wildman–Crippen MR) is 132 cm³/mol. The van der Waals surface area contributed by atoms with Crippen LogP contribution in [0.15, 0.2) is 115 Å². The fourth-order valence-corrected chi connectivity index (χ4v) is 4.34. The standard InChI is InChI=1S/C28H21N3/c1-3-11-20(12-4-1)29-25-19-27-28(23-16-8-7-15-22(23)25)30-24-17-9-10-18-26(24)31(27)21-13-5-2-6-14-21/h1-19,29-30H. The Balaban J connectivity index is 1.62. The minimum atomic E-state index is 1.07. The van der Waals surface area contributed by atoms with Crippen LogP contribution in [0.25, 0.3) is 10.8 Å². The highest BCUT2D eigenvalue weighted by atomic mass is 15.2. The van der Waals surface area contributed by atoms with E-state index in [9.17, 15) is 0 Å². The van der Waals surface area contributed by atoms with Crippen molar-refractivity contribution in [1.82, 2.24) is 0 Å². The normalized spacial score (nSPS) is 12.1. The molecule has 0 aromatic heterocycles. The number of benzene rings is 5. The SMILES string of the molecule is c1ccc(Nc2cc3c(c4ccccc24)Nc2ccccc2N3c2ccccc2)cc1. The minimum Gasteiger partial charge on any atom is -0.355 e. The van der Waals surface area contributed by atoms with Gasteiger partial charge in [0.15, 0.2) is 0 Å². The molecule has 0 spiro atoms. The highest BCUT2D eigenvalue weighted by Gasteiger charge is 2.26. The smallest absolute Gasteiger partial charge is 0.0724 e. The molecule has 3 heteroatoms. The Morgan fingerprint density at radius 1 is 0.581 bits per heavy atom. The zero-order valence-corrected chi connectivity index (χ0v) is 16.9. The van der Waals surface area contributed by atoms with E-state index in [-0.39, 0.29) is 0 Å². The highest BCUT2D eigenvalue weighted by Crippen LogP contribution is 2.51. The van der Waals surface area contributed by atoms with Crippen LogP contribution in [0, 0.1) is 0 Å². The molecule has 0 atom stereocenters. The lowest BCUT2D eigenvalue weighted by atomic mass is 10.00. The van der Waals surface area contributed by atoms with E-state index < -0.39 is 0 Å². The molecule has 0 aliphatic carbocycles. The van der Waals surface area contributed by atoms with E-state index in [0.29, 0.717) is 0 Å². The van der Waals surface area contributed by atoms with Crippen LogP contribution in [-0.2, 0) is 0 Å². The molecule has 1 heterocycles. The Kier molecular flexibility index (Phi) is 4.10. The number of fused-ring (bicyclic) bond motifs is 4. The van der Waals surface area contributed by atoms with Gasteiger partial charge >= 0.3 is 0 Å². The minimum absolute atomic E-state index is 1.07. The summed E-state index contributed by atoms with van der Waals surface area (Å²) < 4.78 is 0. The monoisotopic (exact) mass is 399 g/mol. The van der Waals surface area contributed by atoms with Crippen molar-refractivity contribution in [2.24, 2.45) is 0 Å². The van der Waals surface area contributed by atoms with Gasteiger partial charge in [0.2, 0.25) is 0 Å². The van der Waals surface area contributed by atoms with Gasteiger partial charge in [0.1, 0.15) is 0 Å². The second kappa shape index (κ2) is 7.22. The van der Waals surface area contributed by atoms with E-state index in [1.165, 1.54) is 10.8 Å². The number of hydrogen-bond donors (Lipinski definition) is 2. The van der Waals surface area contributed by atoms with Crippen molar-refractivity contribution in [1.29, 1.82) is 0 Å². The lowest BCUT2D eigenvalue weighted by Gasteiger charge is -2.35. The molecule has 31 heavy (non-hydrogen) atoms. The van der Waals surface area contributed by atoms with Crippen LogP contribution >= 0.6 is 0 Å². The van der Waals surface area contributed by atoms with E-state index in [2.05, 4.69) is 125 Å². The van der Waals surface area contributed by atoms with Crippen molar-refractivity contribution in [3.05, 3.63) is 115 Å². The maximum absolute atomic E-state index is 3.70. The van der Waals surface area contributed by atoms with Crippen LogP contribution < -0.4 is 15.5 Å². The first kappa shape index (κ1) is 17.6. The molecule has 0 fully saturated rings. The number of nitrogens with zero attached hydrogens (tertiary/aromatic N) is 1. The number of nitrogens with one attached hydrogen (secondary N) is 2. The van der Waals surface area contributed by atoms with Crippen molar-refractivity contribution >= 4 is 50.6 Å².